The summed E-state index contributed by atoms with van der Waals surface area (Å²) in [6.45, 7) is 7.13. The lowest BCUT2D eigenvalue weighted by molar-refractivity contribution is -0.136. The number of hydrogen-bond donors (Lipinski definition) is 2. The molecule has 30 heavy (non-hydrogen) atoms. The van der Waals surface area contributed by atoms with E-state index in [9.17, 15) is 14.4 Å². The average molecular weight is 461 g/mol. The van der Waals surface area contributed by atoms with Gasteiger partial charge in [-0.2, -0.15) is 0 Å². The first kappa shape index (κ1) is 25.2. The maximum Gasteiger partial charge on any atom is 0.410 e. The Kier molecular flexibility index (Phi) is 10.1. The summed E-state index contributed by atoms with van der Waals surface area (Å²) in [5, 5.41) is 11.7. The summed E-state index contributed by atoms with van der Waals surface area (Å²) < 4.78 is 5.55. The van der Waals surface area contributed by atoms with E-state index in [0.29, 0.717) is 31.3 Å². The number of carbonyl (C=O) groups excluding carboxylic acids is 2. The first-order valence-electron chi connectivity index (χ1n) is 10.9. The number of ether oxygens (including phenoxy) is 1. The summed E-state index contributed by atoms with van der Waals surface area (Å²) in [4.78, 5) is 37.8. The molecule has 1 heterocycles. The van der Waals surface area contributed by atoms with E-state index in [4.69, 9.17) is 9.84 Å². The lowest BCUT2D eigenvalue weighted by Crippen LogP contribution is -2.39. The Balaban J connectivity index is 1.86. The number of likely N-dealkylation sites (tertiary alicyclic amines) is 1. The van der Waals surface area contributed by atoms with Crippen molar-refractivity contribution in [2.24, 2.45) is 17.8 Å². The zero-order valence-corrected chi connectivity index (χ0v) is 20.0. The first-order valence-corrected chi connectivity index (χ1v) is 13.4. The summed E-state index contributed by atoms with van der Waals surface area (Å²) in [6, 6.07) is 0. The summed E-state index contributed by atoms with van der Waals surface area (Å²) >= 11 is 0. The van der Waals surface area contributed by atoms with Gasteiger partial charge in [0.15, 0.2) is 0 Å². The van der Waals surface area contributed by atoms with Gasteiger partial charge in [0.05, 0.1) is 12.3 Å². The van der Waals surface area contributed by atoms with Crippen LogP contribution in [-0.2, 0) is 14.3 Å². The van der Waals surface area contributed by atoms with Gasteiger partial charge in [0.1, 0.15) is 5.60 Å². The van der Waals surface area contributed by atoms with Crippen molar-refractivity contribution in [3.05, 3.63) is 0 Å². The number of nitrogens with one attached hydrogen (secondary N) is 1. The van der Waals surface area contributed by atoms with Crippen molar-refractivity contribution >= 4 is 39.6 Å². The second-order valence-electron chi connectivity index (χ2n) is 9.13. The summed E-state index contributed by atoms with van der Waals surface area (Å²) in [7, 11) is 3.09. The Morgan fingerprint density at radius 1 is 1.07 bits per heavy atom. The molecule has 2 fully saturated rings. The third kappa shape index (κ3) is 8.57. The summed E-state index contributed by atoms with van der Waals surface area (Å²) in [6.07, 6.45) is 5.74. The van der Waals surface area contributed by atoms with Gasteiger partial charge in [0.2, 0.25) is 5.91 Å². The van der Waals surface area contributed by atoms with Crippen LogP contribution in [-0.4, -0.2) is 64.7 Å². The minimum absolute atomic E-state index is 0.0211. The fourth-order valence-electron chi connectivity index (χ4n) is 4.22. The normalized spacial score (nSPS) is 22.7. The predicted molar refractivity (Wildman–Crippen MR) is 122 cm³/mol. The molecule has 2 amide bonds. The van der Waals surface area contributed by atoms with Crippen LogP contribution in [0.5, 0.6) is 0 Å². The van der Waals surface area contributed by atoms with Crippen LogP contribution in [0, 0.1) is 17.8 Å². The van der Waals surface area contributed by atoms with Crippen LogP contribution in [0.1, 0.15) is 59.3 Å². The van der Waals surface area contributed by atoms with Gasteiger partial charge >= 0.3 is 12.1 Å². The third-order valence-electron chi connectivity index (χ3n) is 5.58. The second kappa shape index (κ2) is 12.1. The van der Waals surface area contributed by atoms with E-state index in [-0.39, 0.29) is 30.3 Å². The zero-order valence-electron chi connectivity index (χ0n) is 18.4. The highest BCUT2D eigenvalue weighted by Gasteiger charge is 2.44. The molecule has 0 bridgehead atoms. The molecule has 2 atom stereocenters. The van der Waals surface area contributed by atoms with Crippen molar-refractivity contribution < 1.29 is 24.2 Å². The number of rotatable bonds is 9. The topological polar surface area (TPSA) is 95.9 Å². The molecule has 1 aliphatic heterocycles. The number of carboxylic acid groups (broad SMARTS) is 1. The van der Waals surface area contributed by atoms with E-state index < -0.39 is 11.6 Å². The van der Waals surface area contributed by atoms with E-state index >= 15 is 0 Å². The third-order valence-corrected chi connectivity index (χ3v) is 7.98. The Labute approximate surface area is 187 Å². The first-order chi connectivity index (χ1) is 14.2. The fraction of sp³-hybridized carbons (Fsp3) is 0.857. The minimum Gasteiger partial charge on any atom is -0.481 e. The molecule has 2 rings (SSSR count). The molecule has 0 aromatic rings. The van der Waals surface area contributed by atoms with Crippen molar-refractivity contribution in [1.29, 1.82) is 0 Å². The van der Waals surface area contributed by atoms with E-state index in [1.165, 1.54) is 30.1 Å². The van der Waals surface area contributed by atoms with Crippen LogP contribution >= 0.6 is 21.6 Å². The molecule has 1 saturated heterocycles. The number of hydrogen-bond acceptors (Lipinski definition) is 6. The number of carboxylic acids is 1. The lowest BCUT2D eigenvalue weighted by atomic mass is 9.75. The van der Waals surface area contributed by atoms with Crippen LogP contribution in [0.3, 0.4) is 0 Å². The van der Waals surface area contributed by atoms with Crippen LogP contribution in [0.15, 0.2) is 0 Å². The summed E-state index contributed by atoms with van der Waals surface area (Å²) in [5.41, 5.74) is -0.548. The molecule has 7 nitrogen and oxygen atoms in total. The fourth-order valence-corrected chi connectivity index (χ4v) is 6.10. The van der Waals surface area contributed by atoms with Crippen LogP contribution in [0.25, 0.3) is 0 Å². The van der Waals surface area contributed by atoms with Gasteiger partial charge in [-0.15, -0.1) is 0 Å². The van der Waals surface area contributed by atoms with Crippen LogP contribution in [0.4, 0.5) is 4.79 Å². The molecule has 2 N–H and O–H groups in total. The monoisotopic (exact) mass is 460 g/mol. The quantitative estimate of drug-likeness (QED) is 0.396. The molecule has 2 aliphatic rings. The lowest BCUT2D eigenvalue weighted by Gasteiger charge is -2.30. The van der Waals surface area contributed by atoms with Gasteiger partial charge in [-0.1, -0.05) is 53.7 Å². The SMILES string of the molecule is CC(C)(C)OC(=O)N1C[C@H](C(=O)NCCSSCCC(=O)O)[C@@H](C2CCCCC2)C1. The molecular formula is C21H36N2O5S2. The van der Waals surface area contributed by atoms with E-state index in [0.717, 1.165) is 18.6 Å². The molecule has 0 aromatic heterocycles. The van der Waals surface area contributed by atoms with Gasteiger partial charge < -0.3 is 20.1 Å². The molecule has 172 valence electrons. The Bertz CT molecular complexity index is 590. The molecular weight excluding hydrogens is 424 g/mol. The van der Waals surface area contributed by atoms with Crippen molar-refractivity contribution in [1.82, 2.24) is 10.2 Å². The zero-order chi connectivity index (χ0) is 22.1. The van der Waals surface area contributed by atoms with Crippen LogP contribution in [0.2, 0.25) is 0 Å². The van der Waals surface area contributed by atoms with Gasteiger partial charge in [-0.3, -0.25) is 9.59 Å². The molecule has 0 aromatic carbocycles. The molecule has 0 spiro atoms. The van der Waals surface area contributed by atoms with E-state index in [1.54, 1.807) is 15.7 Å². The van der Waals surface area contributed by atoms with E-state index in [2.05, 4.69) is 5.32 Å². The highest BCUT2D eigenvalue weighted by Crippen LogP contribution is 2.38. The van der Waals surface area contributed by atoms with Gasteiger partial charge in [-0.25, -0.2) is 4.79 Å². The minimum atomic E-state index is -0.791. The van der Waals surface area contributed by atoms with Gasteiger partial charge in [0, 0.05) is 31.1 Å². The van der Waals surface area contributed by atoms with Crippen molar-refractivity contribution in [2.45, 2.75) is 64.9 Å². The predicted octanol–water partition coefficient (Wildman–Crippen LogP) is 4.02. The Morgan fingerprint density at radius 2 is 1.73 bits per heavy atom. The van der Waals surface area contributed by atoms with Gasteiger partial charge in [-0.05, 0) is 32.6 Å². The standard InChI is InChI=1S/C21H36N2O5S2/c1-21(2,3)28-20(27)23-13-16(15-7-5-4-6-8-15)17(14-23)19(26)22-10-12-30-29-11-9-18(24)25/h15-17H,4-14H2,1-3H3,(H,22,26)(H,24,25)/t16-,17+/m1/s1. The number of amides is 2. The van der Waals surface area contributed by atoms with Crippen molar-refractivity contribution in [3.8, 4) is 0 Å². The van der Waals surface area contributed by atoms with E-state index in [1.807, 2.05) is 20.8 Å². The summed E-state index contributed by atoms with van der Waals surface area (Å²) in [5.74, 6) is 1.01. The maximum absolute atomic E-state index is 12.9. The smallest absolute Gasteiger partial charge is 0.410 e. The molecule has 0 radical (unpaired) electrons. The largest absolute Gasteiger partial charge is 0.481 e. The van der Waals surface area contributed by atoms with Crippen molar-refractivity contribution in [3.63, 3.8) is 0 Å². The number of nitrogens with zero attached hydrogens (tertiary/aromatic N) is 1. The number of carbonyl (C=O) groups is 3. The number of aliphatic carboxylic acids is 1. The molecule has 0 unspecified atom stereocenters. The molecule has 9 heteroatoms. The highest BCUT2D eigenvalue weighted by atomic mass is 33.1. The molecule has 1 aliphatic carbocycles. The second-order valence-corrected chi connectivity index (χ2v) is 11.8. The van der Waals surface area contributed by atoms with Crippen molar-refractivity contribution in [2.75, 3.05) is 31.1 Å². The Morgan fingerprint density at radius 3 is 2.37 bits per heavy atom. The molecule has 1 saturated carbocycles. The highest BCUT2D eigenvalue weighted by molar-refractivity contribution is 8.76. The van der Waals surface area contributed by atoms with Crippen LogP contribution < -0.4 is 5.32 Å². The maximum atomic E-state index is 12.9. The Hall–Kier alpha value is -1.09. The average Bonchev–Trinajstić information content (AvgIpc) is 3.12. The van der Waals surface area contributed by atoms with Gasteiger partial charge in [0.25, 0.3) is 0 Å².